The zero-order chi connectivity index (χ0) is 24.8. The van der Waals surface area contributed by atoms with E-state index < -0.39 is 10.0 Å². The van der Waals surface area contributed by atoms with Gasteiger partial charge >= 0.3 is 0 Å². The topological polar surface area (TPSA) is 99.9 Å². The fourth-order valence-electron chi connectivity index (χ4n) is 4.65. The molecule has 9 heteroatoms. The van der Waals surface area contributed by atoms with Crippen LogP contribution in [-0.4, -0.2) is 62.4 Å². The van der Waals surface area contributed by atoms with Crippen LogP contribution in [0.1, 0.15) is 38.2 Å². The molecular weight excluding hydrogens is 466 g/mol. The Balaban J connectivity index is 1.27. The van der Waals surface area contributed by atoms with Crippen molar-refractivity contribution < 1.29 is 22.7 Å². The SMILES string of the molecule is CCOc1ccccc1OC1CCN(C(=O)C2CCN(S(=O)(=O)c3ccc(C#N)cc3)CC2)CC1. The maximum atomic E-state index is 13.1. The third-order valence-corrected chi connectivity index (χ3v) is 8.53. The maximum absolute atomic E-state index is 13.1. The number of likely N-dealkylation sites (tertiary alicyclic amines) is 1. The normalized spacial score (nSPS) is 18.1. The molecule has 2 aliphatic heterocycles. The van der Waals surface area contributed by atoms with Crippen molar-refractivity contribution in [1.29, 1.82) is 5.26 Å². The van der Waals surface area contributed by atoms with E-state index in [1.807, 2.05) is 42.2 Å². The van der Waals surface area contributed by atoms with E-state index >= 15 is 0 Å². The minimum Gasteiger partial charge on any atom is -0.490 e. The molecule has 0 radical (unpaired) electrons. The molecule has 0 aliphatic carbocycles. The van der Waals surface area contributed by atoms with E-state index in [2.05, 4.69) is 0 Å². The van der Waals surface area contributed by atoms with Crippen LogP contribution in [0.2, 0.25) is 0 Å². The van der Waals surface area contributed by atoms with Crippen molar-refractivity contribution in [3.63, 3.8) is 0 Å². The largest absolute Gasteiger partial charge is 0.490 e. The maximum Gasteiger partial charge on any atom is 0.243 e. The molecule has 0 aromatic heterocycles. The van der Waals surface area contributed by atoms with Gasteiger partial charge in [0.25, 0.3) is 0 Å². The molecule has 2 aliphatic rings. The lowest BCUT2D eigenvalue weighted by atomic mass is 9.95. The van der Waals surface area contributed by atoms with Gasteiger partial charge in [-0.3, -0.25) is 4.79 Å². The standard InChI is InChI=1S/C26H31N3O5S/c1-2-33-24-5-3-4-6-25(24)34-22-13-15-28(16-14-22)26(30)21-11-17-29(18-12-21)35(31,32)23-9-7-20(19-27)8-10-23/h3-10,21-22H,2,11-18H2,1H3. The molecule has 2 aromatic carbocycles. The Hall–Kier alpha value is -3.09. The van der Waals surface area contributed by atoms with Gasteiger partial charge < -0.3 is 14.4 Å². The molecule has 2 saturated heterocycles. The first-order chi connectivity index (χ1) is 16.9. The number of nitrogens with zero attached hydrogens (tertiary/aromatic N) is 3. The van der Waals surface area contributed by atoms with Gasteiger partial charge in [-0.05, 0) is 56.2 Å². The molecule has 0 bridgehead atoms. The van der Waals surface area contributed by atoms with E-state index in [1.165, 1.54) is 28.6 Å². The second-order valence-corrected chi connectivity index (χ2v) is 10.8. The van der Waals surface area contributed by atoms with E-state index in [4.69, 9.17) is 14.7 Å². The number of carbonyl (C=O) groups excluding carboxylic acids is 1. The molecule has 0 N–H and O–H groups in total. The fourth-order valence-corrected chi connectivity index (χ4v) is 6.12. The lowest BCUT2D eigenvalue weighted by Crippen LogP contribution is -2.47. The van der Waals surface area contributed by atoms with Crippen LogP contribution in [0.4, 0.5) is 0 Å². The average molecular weight is 498 g/mol. The number of carbonyl (C=O) groups is 1. The Morgan fingerprint density at radius 2 is 1.60 bits per heavy atom. The Morgan fingerprint density at radius 3 is 2.20 bits per heavy atom. The summed E-state index contributed by atoms with van der Waals surface area (Å²) >= 11 is 0. The van der Waals surface area contributed by atoms with Crippen molar-refractivity contribution in [2.75, 3.05) is 32.8 Å². The third-order valence-electron chi connectivity index (χ3n) is 6.62. The molecule has 0 unspecified atom stereocenters. The summed E-state index contributed by atoms with van der Waals surface area (Å²) in [6, 6.07) is 15.6. The summed E-state index contributed by atoms with van der Waals surface area (Å²) in [5, 5.41) is 8.92. The zero-order valence-electron chi connectivity index (χ0n) is 19.9. The predicted molar refractivity (Wildman–Crippen MR) is 130 cm³/mol. The highest BCUT2D eigenvalue weighted by Crippen LogP contribution is 2.30. The molecule has 35 heavy (non-hydrogen) atoms. The molecule has 2 aromatic rings. The fraction of sp³-hybridized carbons (Fsp3) is 0.462. The monoisotopic (exact) mass is 497 g/mol. The van der Waals surface area contributed by atoms with Gasteiger partial charge in [-0.1, -0.05) is 12.1 Å². The van der Waals surface area contributed by atoms with Gasteiger partial charge in [-0.15, -0.1) is 0 Å². The average Bonchev–Trinajstić information content (AvgIpc) is 2.90. The molecule has 4 rings (SSSR count). The van der Waals surface area contributed by atoms with E-state index in [-0.39, 0.29) is 22.8 Å². The van der Waals surface area contributed by atoms with E-state index in [1.54, 1.807) is 0 Å². The molecule has 0 saturated carbocycles. The highest BCUT2D eigenvalue weighted by Gasteiger charge is 2.35. The van der Waals surface area contributed by atoms with Crippen LogP contribution in [0.15, 0.2) is 53.4 Å². The number of benzene rings is 2. The van der Waals surface area contributed by atoms with E-state index in [9.17, 15) is 13.2 Å². The second kappa shape index (κ2) is 11.1. The van der Waals surface area contributed by atoms with Gasteiger partial charge in [0.2, 0.25) is 15.9 Å². The van der Waals surface area contributed by atoms with Gasteiger partial charge in [0.1, 0.15) is 6.10 Å². The first-order valence-corrected chi connectivity index (χ1v) is 13.5. The van der Waals surface area contributed by atoms with E-state index in [0.29, 0.717) is 51.2 Å². The number of piperidine rings is 2. The minimum absolute atomic E-state index is 0.0278. The molecule has 2 heterocycles. The summed E-state index contributed by atoms with van der Waals surface area (Å²) in [4.78, 5) is 15.2. The smallest absolute Gasteiger partial charge is 0.243 e. The number of hydrogen-bond acceptors (Lipinski definition) is 6. The Bertz CT molecular complexity index is 1160. The summed E-state index contributed by atoms with van der Waals surface area (Å²) < 4.78 is 39.1. The van der Waals surface area contributed by atoms with Crippen LogP contribution in [-0.2, 0) is 14.8 Å². The van der Waals surface area contributed by atoms with Gasteiger partial charge in [0.15, 0.2) is 11.5 Å². The Kier molecular flexibility index (Phi) is 7.93. The summed E-state index contributed by atoms with van der Waals surface area (Å²) in [7, 11) is -3.63. The summed E-state index contributed by atoms with van der Waals surface area (Å²) in [5.74, 6) is 1.40. The van der Waals surface area contributed by atoms with Crippen molar-refractivity contribution in [3.05, 3.63) is 54.1 Å². The molecule has 2 fully saturated rings. The van der Waals surface area contributed by atoms with Crippen LogP contribution in [0.5, 0.6) is 11.5 Å². The van der Waals surface area contributed by atoms with Crippen LogP contribution >= 0.6 is 0 Å². The van der Waals surface area contributed by atoms with Crippen LogP contribution in [0.25, 0.3) is 0 Å². The van der Waals surface area contributed by atoms with Crippen molar-refractivity contribution in [2.45, 2.75) is 43.6 Å². The third kappa shape index (κ3) is 5.77. The predicted octanol–water partition coefficient (Wildman–Crippen LogP) is 3.43. The summed E-state index contributed by atoms with van der Waals surface area (Å²) in [6.07, 6.45) is 2.54. The Labute approximate surface area is 207 Å². The first kappa shape index (κ1) is 25.0. The van der Waals surface area contributed by atoms with Crippen LogP contribution in [0, 0.1) is 17.2 Å². The van der Waals surface area contributed by atoms with Gasteiger partial charge in [-0.25, -0.2) is 8.42 Å². The van der Waals surface area contributed by atoms with Crippen molar-refractivity contribution >= 4 is 15.9 Å². The molecule has 186 valence electrons. The number of nitriles is 1. The second-order valence-electron chi connectivity index (χ2n) is 8.84. The highest BCUT2D eigenvalue weighted by atomic mass is 32.2. The number of rotatable bonds is 7. The number of sulfonamides is 1. The molecule has 1 amide bonds. The van der Waals surface area contributed by atoms with Gasteiger partial charge in [-0.2, -0.15) is 9.57 Å². The van der Waals surface area contributed by atoms with Crippen LogP contribution < -0.4 is 9.47 Å². The first-order valence-electron chi connectivity index (χ1n) is 12.1. The van der Waals surface area contributed by atoms with E-state index in [0.717, 1.165) is 24.3 Å². The van der Waals surface area contributed by atoms with Crippen molar-refractivity contribution in [2.24, 2.45) is 5.92 Å². The number of amides is 1. The molecule has 0 atom stereocenters. The lowest BCUT2D eigenvalue weighted by molar-refractivity contribution is -0.138. The number of ether oxygens (including phenoxy) is 2. The Morgan fingerprint density at radius 1 is 0.971 bits per heavy atom. The number of para-hydroxylation sites is 2. The molecular formula is C26H31N3O5S. The quantitative estimate of drug-likeness (QED) is 0.581. The lowest BCUT2D eigenvalue weighted by Gasteiger charge is -2.37. The zero-order valence-corrected chi connectivity index (χ0v) is 20.7. The van der Waals surface area contributed by atoms with Crippen molar-refractivity contribution in [1.82, 2.24) is 9.21 Å². The minimum atomic E-state index is -3.63. The van der Waals surface area contributed by atoms with Crippen molar-refractivity contribution in [3.8, 4) is 17.6 Å². The number of hydrogen-bond donors (Lipinski definition) is 0. The molecule has 0 spiro atoms. The van der Waals surface area contributed by atoms with Gasteiger partial charge in [0.05, 0.1) is 23.1 Å². The molecule has 8 nitrogen and oxygen atoms in total. The highest BCUT2D eigenvalue weighted by molar-refractivity contribution is 7.89. The van der Waals surface area contributed by atoms with Crippen LogP contribution in [0.3, 0.4) is 0 Å². The summed E-state index contributed by atoms with van der Waals surface area (Å²) in [5.41, 5.74) is 0.418. The summed E-state index contributed by atoms with van der Waals surface area (Å²) in [6.45, 7) is 4.39. The van der Waals surface area contributed by atoms with Gasteiger partial charge in [0, 0.05) is 44.9 Å².